The lowest BCUT2D eigenvalue weighted by molar-refractivity contribution is -0.384. The number of nitro groups is 1. The van der Waals surface area contributed by atoms with Crippen LogP contribution in [0.25, 0.3) is 0 Å². The third-order valence-corrected chi connectivity index (χ3v) is 8.28. The van der Waals surface area contributed by atoms with Crippen molar-refractivity contribution in [2.45, 2.75) is 31.2 Å². The number of nitro benzene ring substituents is 1. The van der Waals surface area contributed by atoms with Gasteiger partial charge in [0.1, 0.15) is 11.2 Å². The number of hydrogen-bond donors (Lipinski definition) is 0. The van der Waals surface area contributed by atoms with Gasteiger partial charge in [-0.25, -0.2) is 4.98 Å². The van der Waals surface area contributed by atoms with E-state index < -0.39 is 5.54 Å². The summed E-state index contributed by atoms with van der Waals surface area (Å²) in [7, 11) is 0. The Bertz CT molecular complexity index is 1490. The highest BCUT2D eigenvalue weighted by Gasteiger charge is 2.40. The van der Waals surface area contributed by atoms with E-state index in [1.165, 1.54) is 16.7 Å². The van der Waals surface area contributed by atoms with Crippen molar-refractivity contribution in [2.75, 3.05) is 18.0 Å². The van der Waals surface area contributed by atoms with E-state index in [4.69, 9.17) is 4.98 Å². The largest absolute Gasteiger partial charge is 0.366 e. The Labute approximate surface area is 234 Å². The van der Waals surface area contributed by atoms with Crippen LogP contribution in [-0.4, -0.2) is 27.6 Å². The molecule has 0 saturated carbocycles. The van der Waals surface area contributed by atoms with Gasteiger partial charge >= 0.3 is 0 Å². The molecule has 4 aromatic carbocycles. The highest BCUT2D eigenvalue weighted by molar-refractivity contribution is 5.63. The number of anilines is 1. The van der Waals surface area contributed by atoms with Gasteiger partial charge in [0.15, 0.2) is 0 Å². The standard InChI is InChI=1S/C34H32N4O2/c1-26-33(27-21-23-36(24-22-27)31-19-11-12-20-32(31)38(39)40)35-25-37(26)34(28-13-5-2-6-14-28,29-15-7-3-8-16-29)30-17-9-4-10-18-30/h2-20,25,27H,21-24H2,1H3. The summed E-state index contributed by atoms with van der Waals surface area (Å²) in [5.74, 6) is 0.278. The molecule has 6 rings (SSSR count). The number of imidazole rings is 1. The maximum Gasteiger partial charge on any atom is 0.292 e. The Morgan fingerprint density at radius 3 is 1.73 bits per heavy atom. The Morgan fingerprint density at radius 1 is 0.750 bits per heavy atom. The van der Waals surface area contributed by atoms with E-state index in [1.807, 2.05) is 18.5 Å². The first-order valence-corrected chi connectivity index (χ1v) is 13.8. The summed E-state index contributed by atoms with van der Waals surface area (Å²) >= 11 is 0. The van der Waals surface area contributed by atoms with Gasteiger partial charge in [-0.2, -0.15) is 0 Å². The Hall–Kier alpha value is -4.71. The zero-order valence-electron chi connectivity index (χ0n) is 22.6. The van der Waals surface area contributed by atoms with Crippen molar-refractivity contribution in [1.29, 1.82) is 0 Å². The molecule has 0 atom stereocenters. The van der Waals surface area contributed by atoms with Crippen molar-refractivity contribution < 1.29 is 4.92 Å². The minimum absolute atomic E-state index is 0.166. The van der Waals surface area contributed by atoms with Gasteiger partial charge in [-0.15, -0.1) is 0 Å². The van der Waals surface area contributed by atoms with Crippen molar-refractivity contribution in [1.82, 2.24) is 9.55 Å². The molecule has 200 valence electrons. The van der Waals surface area contributed by atoms with E-state index in [-0.39, 0.29) is 16.5 Å². The number of para-hydroxylation sites is 2. The van der Waals surface area contributed by atoms with Gasteiger partial charge in [0, 0.05) is 30.8 Å². The molecule has 0 bridgehead atoms. The molecule has 0 unspecified atom stereocenters. The van der Waals surface area contributed by atoms with Gasteiger partial charge in [-0.05, 0) is 42.5 Å². The van der Waals surface area contributed by atoms with Gasteiger partial charge in [-0.3, -0.25) is 10.1 Å². The average Bonchev–Trinajstić information content (AvgIpc) is 3.40. The van der Waals surface area contributed by atoms with Crippen LogP contribution in [0.3, 0.4) is 0 Å². The molecule has 1 aliphatic rings. The fourth-order valence-corrected chi connectivity index (χ4v) is 6.40. The number of hydrogen-bond acceptors (Lipinski definition) is 4. The van der Waals surface area contributed by atoms with Gasteiger partial charge in [0.05, 0.1) is 16.9 Å². The predicted molar refractivity (Wildman–Crippen MR) is 159 cm³/mol. The van der Waals surface area contributed by atoms with Crippen LogP contribution in [0.2, 0.25) is 0 Å². The van der Waals surface area contributed by atoms with E-state index in [1.54, 1.807) is 12.1 Å². The minimum Gasteiger partial charge on any atom is -0.366 e. The average molecular weight is 529 g/mol. The molecule has 1 aliphatic heterocycles. The molecular weight excluding hydrogens is 496 g/mol. The molecule has 40 heavy (non-hydrogen) atoms. The fourth-order valence-electron chi connectivity index (χ4n) is 6.40. The fraction of sp³-hybridized carbons (Fsp3) is 0.206. The Balaban J connectivity index is 1.41. The van der Waals surface area contributed by atoms with E-state index in [9.17, 15) is 10.1 Å². The second-order valence-electron chi connectivity index (χ2n) is 10.4. The third kappa shape index (κ3) is 4.35. The van der Waals surface area contributed by atoms with Crippen molar-refractivity contribution >= 4 is 11.4 Å². The van der Waals surface area contributed by atoms with Crippen molar-refractivity contribution in [3.63, 3.8) is 0 Å². The first-order valence-electron chi connectivity index (χ1n) is 13.8. The summed E-state index contributed by atoms with van der Waals surface area (Å²) in [5.41, 5.74) is 6.03. The summed E-state index contributed by atoms with van der Waals surface area (Å²) in [6.07, 6.45) is 3.78. The van der Waals surface area contributed by atoms with Crippen LogP contribution in [0.5, 0.6) is 0 Å². The van der Waals surface area contributed by atoms with E-state index in [2.05, 4.69) is 107 Å². The molecular formula is C34H32N4O2. The van der Waals surface area contributed by atoms with E-state index in [0.29, 0.717) is 5.69 Å². The van der Waals surface area contributed by atoms with Crippen LogP contribution in [0.1, 0.15) is 46.8 Å². The van der Waals surface area contributed by atoms with Crippen LogP contribution in [-0.2, 0) is 5.54 Å². The van der Waals surface area contributed by atoms with E-state index in [0.717, 1.165) is 37.3 Å². The smallest absolute Gasteiger partial charge is 0.292 e. The summed E-state index contributed by atoms with van der Waals surface area (Å²) in [6.45, 7) is 3.69. The molecule has 0 aliphatic carbocycles. The quantitative estimate of drug-likeness (QED) is 0.126. The summed E-state index contributed by atoms with van der Waals surface area (Å²) in [5, 5.41) is 11.6. The third-order valence-electron chi connectivity index (χ3n) is 8.28. The van der Waals surface area contributed by atoms with Crippen LogP contribution in [0.4, 0.5) is 11.4 Å². The molecule has 1 aromatic heterocycles. The predicted octanol–water partition coefficient (Wildman–Crippen LogP) is 7.32. The molecule has 6 heteroatoms. The van der Waals surface area contributed by atoms with Crippen LogP contribution >= 0.6 is 0 Å². The van der Waals surface area contributed by atoms with Gasteiger partial charge < -0.3 is 9.47 Å². The molecule has 2 heterocycles. The summed E-state index contributed by atoms with van der Waals surface area (Å²) in [6, 6.07) is 39.0. The van der Waals surface area contributed by atoms with E-state index >= 15 is 0 Å². The van der Waals surface area contributed by atoms with Crippen LogP contribution < -0.4 is 4.90 Å². The maximum absolute atomic E-state index is 11.6. The zero-order chi connectivity index (χ0) is 27.5. The number of piperidine rings is 1. The Kier molecular flexibility index (Phi) is 6.91. The van der Waals surface area contributed by atoms with Gasteiger partial charge in [0.2, 0.25) is 0 Å². The second kappa shape index (κ2) is 10.8. The lowest BCUT2D eigenvalue weighted by Crippen LogP contribution is -2.38. The van der Waals surface area contributed by atoms with Crippen molar-refractivity contribution in [2.24, 2.45) is 0 Å². The molecule has 0 radical (unpaired) electrons. The SMILES string of the molecule is Cc1c(C2CCN(c3ccccc3[N+](=O)[O-])CC2)ncn1C(c1ccccc1)(c1ccccc1)c1ccccc1. The Morgan fingerprint density at radius 2 is 1.23 bits per heavy atom. The molecule has 1 saturated heterocycles. The lowest BCUT2D eigenvalue weighted by atomic mass is 9.76. The number of aromatic nitrogens is 2. The van der Waals surface area contributed by atoms with Crippen LogP contribution in [0, 0.1) is 17.0 Å². The molecule has 5 aromatic rings. The van der Waals surface area contributed by atoms with Gasteiger partial charge in [0.25, 0.3) is 5.69 Å². The first-order chi connectivity index (χ1) is 19.6. The minimum atomic E-state index is -0.593. The summed E-state index contributed by atoms with van der Waals surface area (Å²) < 4.78 is 2.34. The topological polar surface area (TPSA) is 64.2 Å². The molecule has 0 amide bonds. The number of nitrogens with zero attached hydrogens (tertiary/aromatic N) is 4. The monoisotopic (exact) mass is 528 g/mol. The molecule has 0 spiro atoms. The maximum atomic E-state index is 11.6. The van der Waals surface area contributed by atoms with Crippen LogP contribution in [0.15, 0.2) is 122 Å². The van der Waals surface area contributed by atoms with Gasteiger partial charge in [-0.1, -0.05) is 103 Å². The normalized spacial score (nSPS) is 14.3. The van der Waals surface area contributed by atoms with Crippen molar-refractivity contribution in [3.05, 3.63) is 160 Å². The zero-order valence-corrected chi connectivity index (χ0v) is 22.6. The van der Waals surface area contributed by atoms with Crippen molar-refractivity contribution in [3.8, 4) is 0 Å². The highest BCUT2D eigenvalue weighted by atomic mass is 16.6. The molecule has 1 fully saturated rings. The number of benzene rings is 4. The molecule has 6 nitrogen and oxygen atoms in total. The first kappa shape index (κ1) is 25.6. The lowest BCUT2D eigenvalue weighted by Gasteiger charge is -2.38. The second-order valence-corrected chi connectivity index (χ2v) is 10.4. The molecule has 0 N–H and O–H groups in total. The number of rotatable bonds is 7. The highest BCUT2D eigenvalue weighted by Crippen LogP contribution is 2.43. The summed E-state index contributed by atoms with van der Waals surface area (Å²) in [4.78, 5) is 18.5.